The van der Waals surface area contributed by atoms with Crippen LogP contribution >= 0.6 is 0 Å². The summed E-state index contributed by atoms with van der Waals surface area (Å²) in [5, 5.41) is 5.02. The van der Waals surface area contributed by atoms with Gasteiger partial charge in [-0.3, -0.25) is 0 Å². The number of para-hydroxylation sites is 2. The molecule has 0 spiro atoms. The molecular formula is C59H40N2. The first-order chi connectivity index (χ1) is 30.3. The van der Waals surface area contributed by atoms with Crippen molar-refractivity contribution in [2.24, 2.45) is 0 Å². The molecule has 286 valence electrons. The molecule has 2 nitrogen and oxygen atoms in total. The Labute approximate surface area is 355 Å². The quantitative estimate of drug-likeness (QED) is 0.156. The summed E-state index contributed by atoms with van der Waals surface area (Å²) in [6.07, 6.45) is 0. The van der Waals surface area contributed by atoms with Crippen LogP contribution in [0.3, 0.4) is 0 Å². The van der Waals surface area contributed by atoms with Crippen LogP contribution in [0.15, 0.2) is 243 Å². The molecule has 0 N–H and O–H groups in total. The summed E-state index contributed by atoms with van der Waals surface area (Å²) >= 11 is 0. The lowest BCUT2D eigenvalue weighted by Crippen LogP contribution is -2.28. The van der Waals surface area contributed by atoms with Crippen LogP contribution in [0.4, 0.5) is 17.1 Å². The summed E-state index contributed by atoms with van der Waals surface area (Å²) in [6, 6.07) is 88.9. The van der Waals surface area contributed by atoms with Gasteiger partial charge in [0.15, 0.2) is 0 Å². The number of hydrogen-bond donors (Lipinski definition) is 0. The summed E-state index contributed by atoms with van der Waals surface area (Å²) in [6.45, 7) is 0. The molecular weight excluding hydrogens is 737 g/mol. The largest absolute Gasteiger partial charge is 0.311 e. The van der Waals surface area contributed by atoms with Gasteiger partial charge in [0.25, 0.3) is 0 Å². The summed E-state index contributed by atoms with van der Waals surface area (Å²) in [5.74, 6) is 0. The summed E-state index contributed by atoms with van der Waals surface area (Å²) in [5.41, 5.74) is 16.5. The summed E-state index contributed by atoms with van der Waals surface area (Å²) < 4.78 is 2.38. The third-order valence-corrected chi connectivity index (χ3v) is 12.9. The molecule has 1 aromatic heterocycles. The van der Waals surface area contributed by atoms with Gasteiger partial charge in [0.05, 0.1) is 16.4 Å². The lowest BCUT2D eigenvalue weighted by atomic mass is 9.68. The minimum absolute atomic E-state index is 0.456. The average molecular weight is 777 g/mol. The first-order valence-electron chi connectivity index (χ1n) is 21.1. The van der Waals surface area contributed by atoms with E-state index in [9.17, 15) is 0 Å². The fourth-order valence-electron chi connectivity index (χ4n) is 10.2. The molecule has 0 aliphatic heterocycles. The van der Waals surface area contributed by atoms with Gasteiger partial charge in [0.2, 0.25) is 0 Å². The van der Waals surface area contributed by atoms with Crippen molar-refractivity contribution in [2.45, 2.75) is 5.41 Å². The molecule has 1 aliphatic rings. The molecule has 10 aromatic carbocycles. The average Bonchev–Trinajstić information content (AvgIpc) is 3.84. The lowest BCUT2D eigenvalue weighted by Gasteiger charge is -2.34. The highest BCUT2D eigenvalue weighted by Crippen LogP contribution is 2.56. The van der Waals surface area contributed by atoms with Gasteiger partial charge in [-0.25, -0.2) is 0 Å². The number of benzene rings is 10. The molecule has 11 aromatic rings. The Morgan fingerprint density at radius 3 is 1.38 bits per heavy atom. The predicted molar refractivity (Wildman–Crippen MR) is 256 cm³/mol. The number of anilines is 3. The fourth-order valence-corrected chi connectivity index (χ4v) is 10.2. The maximum Gasteiger partial charge on any atom is 0.0713 e. The smallest absolute Gasteiger partial charge is 0.0713 e. The Morgan fingerprint density at radius 2 is 0.754 bits per heavy atom. The van der Waals surface area contributed by atoms with Crippen LogP contribution in [-0.2, 0) is 5.41 Å². The number of hydrogen-bond acceptors (Lipinski definition) is 1. The van der Waals surface area contributed by atoms with Crippen molar-refractivity contribution >= 4 is 49.6 Å². The van der Waals surface area contributed by atoms with E-state index in [1.165, 1.54) is 77.1 Å². The maximum absolute atomic E-state index is 2.39. The fraction of sp³-hybridized carbons (Fsp3) is 0.0169. The standard InChI is InChI=1S/C59H40N2/c1-2-17-43(18-3-1)59(55-25-10-6-20-51(55)52-21-7-11-26-56(52)59)44-31-35-46(36-32-44)60(45-33-29-42(30-34-45)50-24-14-16-41-15-4-5-19-49(41)50)47-37-39-48(40-38-47)61-57-27-12-8-22-53(57)54-23-9-13-28-58(54)61/h1-40H. The number of nitrogens with zero attached hydrogens (tertiary/aromatic N) is 2. The van der Waals surface area contributed by atoms with E-state index >= 15 is 0 Å². The monoisotopic (exact) mass is 776 g/mol. The van der Waals surface area contributed by atoms with Gasteiger partial charge in [0.1, 0.15) is 0 Å². The topological polar surface area (TPSA) is 8.17 Å². The third kappa shape index (κ3) is 5.43. The van der Waals surface area contributed by atoms with Crippen molar-refractivity contribution in [3.05, 3.63) is 265 Å². The van der Waals surface area contributed by atoms with Crippen LogP contribution in [-0.4, -0.2) is 4.57 Å². The van der Waals surface area contributed by atoms with Crippen LogP contribution in [0.25, 0.3) is 60.5 Å². The van der Waals surface area contributed by atoms with Gasteiger partial charge in [-0.2, -0.15) is 0 Å². The molecule has 0 fully saturated rings. The van der Waals surface area contributed by atoms with E-state index in [1.54, 1.807) is 0 Å². The molecule has 0 radical (unpaired) electrons. The Morgan fingerprint density at radius 1 is 0.311 bits per heavy atom. The zero-order valence-corrected chi connectivity index (χ0v) is 33.5. The Hall–Kier alpha value is -7.94. The number of rotatable bonds is 7. The predicted octanol–water partition coefficient (Wildman–Crippen LogP) is 15.4. The van der Waals surface area contributed by atoms with Gasteiger partial charge in [-0.15, -0.1) is 0 Å². The Kier molecular flexibility index (Phi) is 8.11. The molecule has 1 aliphatic carbocycles. The summed E-state index contributed by atoms with van der Waals surface area (Å²) in [4.78, 5) is 2.39. The highest BCUT2D eigenvalue weighted by Gasteiger charge is 2.45. The van der Waals surface area contributed by atoms with E-state index in [0.29, 0.717) is 0 Å². The Bertz CT molecular complexity index is 3290. The van der Waals surface area contributed by atoms with Gasteiger partial charge in [0, 0.05) is 33.5 Å². The normalized spacial score (nSPS) is 12.7. The second-order valence-electron chi connectivity index (χ2n) is 16.0. The van der Waals surface area contributed by atoms with E-state index in [2.05, 4.69) is 252 Å². The van der Waals surface area contributed by atoms with E-state index in [4.69, 9.17) is 0 Å². The Balaban J connectivity index is 1.01. The molecule has 0 bridgehead atoms. The molecule has 2 heteroatoms. The first kappa shape index (κ1) is 35.0. The van der Waals surface area contributed by atoms with Gasteiger partial charge < -0.3 is 9.47 Å². The second kappa shape index (κ2) is 14.1. The van der Waals surface area contributed by atoms with Crippen LogP contribution in [0.5, 0.6) is 0 Å². The minimum atomic E-state index is -0.456. The number of aromatic nitrogens is 1. The van der Waals surface area contributed by atoms with E-state index in [1.807, 2.05) is 0 Å². The highest BCUT2D eigenvalue weighted by molar-refractivity contribution is 6.09. The van der Waals surface area contributed by atoms with Crippen LogP contribution in [0, 0.1) is 0 Å². The molecule has 0 saturated carbocycles. The van der Waals surface area contributed by atoms with Crippen molar-refractivity contribution in [3.63, 3.8) is 0 Å². The minimum Gasteiger partial charge on any atom is -0.311 e. The molecule has 0 saturated heterocycles. The third-order valence-electron chi connectivity index (χ3n) is 12.9. The zero-order valence-electron chi connectivity index (χ0n) is 33.5. The molecule has 1 heterocycles. The van der Waals surface area contributed by atoms with Gasteiger partial charge in [-0.1, -0.05) is 182 Å². The van der Waals surface area contributed by atoms with Crippen molar-refractivity contribution in [3.8, 4) is 27.9 Å². The van der Waals surface area contributed by atoms with Crippen LogP contribution in [0.2, 0.25) is 0 Å². The van der Waals surface area contributed by atoms with Gasteiger partial charge >= 0.3 is 0 Å². The SMILES string of the molecule is c1ccc(C2(c3ccc(N(c4ccc(-c5cccc6ccccc56)cc4)c4ccc(-n5c6ccccc6c6ccccc65)cc4)cc3)c3ccccc3-c3ccccc32)cc1. The summed E-state index contributed by atoms with van der Waals surface area (Å²) in [7, 11) is 0. The van der Waals surface area contributed by atoms with E-state index in [-0.39, 0.29) is 0 Å². The van der Waals surface area contributed by atoms with E-state index < -0.39 is 5.41 Å². The van der Waals surface area contributed by atoms with Crippen molar-refractivity contribution < 1.29 is 0 Å². The number of fused-ring (bicyclic) bond motifs is 7. The zero-order chi connectivity index (χ0) is 40.3. The molecule has 0 amide bonds. The van der Waals surface area contributed by atoms with Crippen LogP contribution < -0.4 is 4.90 Å². The second-order valence-corrected chi connectivity index (χ2v) is 16.0. The van der Waals surface area contributed by atoms with Crippen molar-refractivity contribution in [1.29, 1.82) is 0 Å². The van der Waals surface area contributed by atoms with E-state index in [0.717, 1.165) is 22.7 Å². The lowest BCUT2D eigenvalue weighted by molar-refractivity contribution is 0.768. The van der Waals surface area contributed by atoms with Crippen molar-refractivity contribution in [2.75, 3.05) is 4.90 Å². The first-order valence-corrected chi connectivity index (χ1v) is 21.1. The molecule has 0 atom stereocenters. The van der Waals surface area contributed by atoms with Crippen LogP contribution in [0.1, 0.15) is 22.3 Å². The van der Waals surface area contributed by atoms with Crippen molar-refractivity contribution in [1.82, 2.24) is 4.57 Å². The maximum atomic E-state index is 2.39. The van der Waals surface area contributed by atoms with Gasteiger partial charge in [-0.05, 0) is 116 Å². The highest BCUT2D eigenvalue weighted by atomic mass is 15.1. The molecule has 0 unspecified atom stereocenters. The molecule has 12 rings (SSSR count). The molecule has 61 heavy (non-hydrogen) atoms.